The van der Waals surface area contributed by atoms with Gasteiger partial charge in [-0.2, -0.15) is 0 Å². The van der Waals surface area contributed by atoms with Gasteiger partial charge in [0.2, 0.25) is 0 Å². The van der Waals surface area contributed by atoms with E-state index in [0.717, 1.165) is 38.0 Å². The molecule has 2 aromatic rings. The van der Waals surface area contributed by atoms with Gasteiger partial charge in [-0.15, -0.1) is 0 Å². The average molecular weight is 427 g/mol. The molecule has 0 saturated heterocycles. The summed E-state index contributed by atoms with van der Waals surface area (Å²) in [5, 5.41) is 0. The summed E-state index contributed by atoms with van der Waals surface area (Å²) in [6.45, 7) is 2.62. The molecule has 1 aliphatic carbocycles. The Bertz CT molecular complexity index is 810. The Kier molecular flexibility index (Phi) is 9.39. The van der Waals surface area contributed by atoms with Crippen molar-refractivity contribution in [3.63, 3.8) is 0 Å². The van der Waals surface area contributed by atoms with Gasteiger partial charge < -0.3 is 9.47 Å². The highest BCUT2D eigenvalue weighted by Gasteiger charge is 2.14. The third-order valence-electron chi connectivity index (χ3n) is 6.12. The summed E-state index contributed by atoms with van der Waals surface area (Å²) in [6, 6.07) is 11.9. The first kappa shape index (κ1) is 23.3. The largest absolute Gasteiger partial charge is 0.491 e. The van der Waals surface area contributed by atoms with E-state index >= 15 is 0 Å². The van der Waals surface area contributed by atoms with Crippen LogP contribution in [0.4, 0.5) is 4.39 Å². The summed E-state index contributed by atoms with van der Waals surface area (Å²) in [7, 11) is 0. The number of halogens is 1. The SMILES string of the molecule is CCCCCCOc1ccc(C(=O)Oc2ccc(CCC3CCCCC3)cc2)cc1F. The molecule has 0 atom stereocenters. The zero-order valence-corrected chi connectivity index (χ0v) is 18.7. The second-order valence-corrected chi connectivity index (χ2v) is 8.63. The van der Waals surface area contributed by atoms with Crippen LogP contribution in [0.1, 0.15) is 87.1 Å². The van der Waals surface area contributed by atoms with E-state index in [1.165, 1.54) is 56.2 Å². The molecule has 4 heteroatoms. The minimum Gasteiger partial charge on any atom is -0.491 e. The predicted molar refractivity (Wildman–Crippen MR) is 122 cm³/mol. The van der Waals surface area contributed by atoms with Gasteiger partial charge in [0.25, 0.3) is 0 Å². The molecule has 1 fully saturated rings. The van der Waals surface area contributed by atoms with Crippen molar-refractivity contribution < 1.29 is 18.7 Å². The number of hydrogen-bond acceptors (Lipinski definition) is 3. The summed E-state index contributed by atoms with van der Waals surface area (Å²) in [5.74, 6) is 0.397. The maximum atomic E-state index is 14.3. The topological polar surface area (TPSA) is 35.5 Å². The molecular weight excluding hydrogens is 391 g/mol. The van der Waals surface area contributed by atoms with Gasteiger partial charge in [0.15, 0.2) is 11.6 Å². The number of unbranched alkanes of at least 4 members (excludes halogenated alkanes) is 3. The highest BCUT2D eigenvalue weighted by atomic mass is 19.1. The molecule has 0 amide bonds. The first-order chi connectivity index (χ1) is 15.2. The van der Waals surface area contributed by atoms with Crippen LogP contribution in [0.15, 0.2) is 42.5 Å². The average Bonchev–Trinajstić information content (AvgIpc) is 2.80. The van der Waals surface area contributed by atoms with E-state index in [2.05, 4.69) is 6.92 Å². The highest BCUT2D eigenvalue weighted by molar-refractivity contribution is 5.91. The first-order valence-electron chi connectivity index (χ1n) is 11.9. The van der Waals surface area contributed by atoms with Crippen LogP contribution in [0.5, 0.6) is 11.5 Å². The van der Waals surface area contributed by atoms with Gasteiger partial charge in [-0.3, -0.25) is 0 Å². The smallest absolute Gasteiger partial charge is 0.343 e. The van der Waals surface area contributed by atoms with Gasteiger partial charge in [0, 0.05) is 0 Å². The molecule has 0 aromatic heterocycles. The van der Waals surface area contributed by atoms with E-state index in [9.17, 15) is 9.18 Å². The number of ether oxygens (including phenoxy) is 2. The fourth-order valence-electron chi connectivity index (χ4n) is 4.19. The van der Waals surface area contributed by atoms with Crippen LogP contribution >= 0.6 is 0 Å². The fraction of sp³-hybridized carbons (Fsp3) is 0.519. The van der Waals surface area contributed by atoms with Crippen LogP contribution in [0.3, 0.4) is 0 Å². The van der Waals surface area contributed by atoms with Crippen molar-refractivity contribution in [1.82, 2.24) is 0 Å². The Labute approximate surface area is 186 Å². The van der Waals surface area contributed by atoms with E-state index in [0.29, 0.717) is 12.4 Å². The van der Waals surface area contributed by atoms with Crippen molar-refractivity contribution in [2.45, 2.75) is 77.6 Å². The van der Waals surface area contributed by atoms with Crippen LogP contribution in [0.25, 0.3) is 0 Å². The Hall–Kier alpha value is -2.36. The summed E-state index contributed by atoms with van der Waals surface area (Å²) in [4.78, 5) is 12.4. The number of benzene rings is 2. The number of carbonyl (C=O) groups excluding carboxylic acids is 1. The standard InChI is InChI=1S/C27H35FO3/c1-2-3-4-8-19-30-26-18-15-23(20-25(26)28)27(29)31-24-16-13-22(14-17-24)12-11-21-9-6-5-7-10-21/h13-18,20-21H,2-12,19H2,1H3. The minimum absolute atomic E-state index is 0.176. The third kappa shape index (κ3) is 7.68. The molecule has 1 aliphatic rings. The number of aryl methyl sites for hydroxylation is 1. The molecule has 0 aliphatic heterocycles. The van der Waals surface area contributed by atoms with Crippen LogP contribution in [-0.2, 0) is 6.42 Å². The van der Waals surface area contributed by atoms with Crippen LogP contribution in [0, 0.1) is 11.7 Å². The monoisotopic (exact) mass is 426 g/mol. The first-order valence-corrected chi connectivity index (χ1v) is 11.9. The van der Waals surface area contributed by atoms with Gasteiger partial charge in [-0.1, -0.05) is 70.4 Å². The maximum absolute atomic E-state index is 14.3. The summed E-state index contributed by atoms with van der Waals surface area (Å²) in [6.07, 6.45) is 13.4. The molecule has 2 aromatic carbocycles. The van der Waals surface area contributed by atoms with Gasteiger partial charge in [0.1, 0.15) is 5.75 Å². The van der Waals surface area contributed by atoms with Gasteiger partial charge >= 0.3 is 5.97 Å². The Balaban J connectivity index is 1.47. The van der Waals surface area contributed by atoms with Gasteiger partial charge in [-0.25, -0.2) is 9.18 Å². The molecule has 0 spiro atoms. The third-order valence-corrected chi connectivity index (χ3v) is 6.12. The molecule has 0 N–H and O–H groups in total. The lowest BCUT2D eigenvalue weighted by Gasteiger charge is -2.21. The summed E-state index contributed by atoms with van der Waals surface area (Å²) >= 11 is 0. The molecule has 0 unspecified atom stereocenters. The van der Waals surface area contributed by atoms with E-state index in [1.54, 1.807) is 6.07 Å². The molecule has 168 valence electrons. The fourth-order valence-corrected chi connectivity index (χ4v) is 4.19. The Morgan fingerprint density at radius 2 is 1.77 bits per heavy atom. The summed E-state index contributed by atoms with van der Waals surface area (Å²) < 4.78 is 25.2. The number of rotatable bonds is 11. The molecule has 0 radical (unpaired) electrons. The molecular formula is C27H35FO3. The van der Waals surface area contributed by atoms with Crippen molar-refractivity contribution in [2.24, 2.45) is 5.92 Å². The molecule has 1 saturated carbocycles. The van der Waals surface area contributed by atoms with Crippen molar-refractivity contribution in [2.75, 3.05) is 6.61 Å². The molecule has 0 bridgehead atoms. The van der Waals surface area contributed by atoms with E-state index in [-0.39, 0.29) is 11.3 Å². The van der Waals surface area contributed by atoms with Gasteiger partial charge in [-0.05, 0) is 61.1 Å². The quantitative estimate of drug-likeness (QED) is 0.212. The van der Waals surface area contributed by atoms with E-state index in [4.69, 9.17) is 9.47 Å². The lowest BCUT2D eigenvalue weighted by atomic mass is 9.85. The van der Waals surface area contributed by atoms with E-state index in [1.807, 2.05) is 24.3 Å². The van der Waals surface area contributed by atoms with Crippen molar-refractivity contribution in [3.8, 4) is 11.5 Å². The zero-order valence-electron chi connectivity index (χ0n) is 18.7. The molecule has 0 heterocycles. The zero-order chi connectivity index (χ0) is 21.9. The van der Waals surface area contributed by atoms with Crippen molar-refractivity contribution in [1.29, 1.82) is 0 Å². The second kappa shape index (κ2) is 12.5. The summed E-state index contributed by atoms with van der Waals surface area (Å²) in [5.41, 5.74) is 1.44. The van der Waals surface area contributed by atoms with Crippen LogP contribution in [-0.4, -0.2) is 12.6 Å². The van der Waals surface area contributed by atoms with Crippen LogP contribution < -0.4 is 9.47 Å². The Morgan fingerprint density at radius 1 is 1.00 bits per heavy atom. The van der Waals surface area contributed by atoms with Gasteiger partial charge in [0.05, 0.1) is 12.2 Å². The molecule has 3 rings (SSSR count). The maximum Gasteiger partial charge on any atom is 0.343 e. The predicted octanol–water partition coefficient (Wildman–Crippen LogP) is 7.52. The van der Waals surface area contributed by atoms with Crippen LogP contribution in [0.2, 0.25) is 0 Å². The number of esters is 1. The highest BCUT2D eigenvalue weighted by Crippen LogP contribution is 2.28. The number of carbonyl (C=O) groups is 1. The van der Waals surface area contributed by atoms with E-state index < -0.39 is 11.8 Å². The Morgan fingerprint density at radius 3 is 2.48 bits per heavy atom. The lowest BCUT2D eigenvalue weighted by Crippen LogP contribution is -2.09. The van der Waals surface area contributed by atoms with Crippen molar-refractivity contribution in [3.05, 3.63) is 59.4 Å². The molecule has 31 heavy (non-hydrogen) atoms. The molecule has 3 nitrogen and oxygen atoms in total. The second-order valence-electron chi connectivity index (χ2n) is 8.63. The lowest BCUT2D eigenvalue weighted by molar-refractivity contribution is 0.0734. The van der Waals surface area contributed by atoms with Crippen molar-refractivity contribution >= 4 is 5.97 Å². The normalized spacial score (nSPS) is 14.4. The number of hydrogen-bond donors (Lipinski definition) is 0. The minimum atomic E-state index is -0.566.